The summed E-state index contributed by atoms with van der Waals surface area (Å²) in [5, 5.41) is 0. The zero-order valence-electron chi connectivity index (χ0n) is 9.32. The standard InChI is InChI=1S/C9H19ClN2O2S/c1-11-6-3-4-9(11)8-12(2)15(13,14)7-5-10/h9H,3-8H2,1-2H3. The Bertz CT molecular complexity index is 294. The van der Waals surface area contributed by atoms with Crippen LogP contribution in [0.4, 0.5) is 0 Å². The minimum absolute atomic E-state index is 0.0293. The molecular formula is C9H19ClN2O2S. The number of likely N-dealkylation sites (N-methyl/N-ethyl adjacent to an activating group) is 2. The molecule has 6 heteroatoms. The van der Waals surface area contributed by atoms with Crippen molar-refractivity contribution >= 4 is 21.6 Å². The number of hydrogen-bond donors (Lipinski definition) is 0. The fraction of sp³-hybridized carbons (Fsp3) is 1.00. The Kier molecular flexibility index (Phi) is 4.83. The van der Waals surface area contributed by atoms with Gasteiger partial charge in [0, 0.05) is 25.5 Å². The molecule has 0 aliphatic carbocycles. The van der Waals surface area contributed by atoms with E-state index in [2.05, 4.69) is 4.90 Å². The van der Waals surface area contributed by atoms with Gasteiger partial charge in [0.1, 0.15) is 0 Å². The number of likely N-dealkylation sites (tertiary alicyclic amines) is 1. The van der Waals surface area contributed by atoms with Gasteiger partial charge in [-0.3, -0.25) is 0 Å². The van der Waals surface area contributed by atoms with Crippen molar-refractivity contribution in [2.24, 2.45) is 0 Å². The van der Waals surface area contributed by atoms with E-state index in [0.717, 1.165) is 19.4 Å². The molecule has 0 bridgehead atoms. The first kappa shape index (κ1) is 13.2. The van der Waals surface area contributed by atoms with Gasteiger partial charge in [0.15, 0.2) is 0 Å². The fourth-order valence-electron chi connectivity index (χ4n) is 1.87. The lowest BCUT2D eigenvalue weighted by atomic mass is 10.2. The second-order valence-electron chi connectivity index (χ2n) is 4.06. The largest absolute Gasteiger partial charge is 0.302 e. The van der Waals surface area contributed by atoms with E-state index < -0.39 is 10.0 Å². The number of hydrogen-bond acceptors (Lipinski definition) is 3. The summed E-state index contributed by atoms with van der Waals surface area (Å²) in [5.41, 5.74) is 0. The maximum absolute atomic E-state index is 11.6. The molecule has 0 N–H and O–H groups in total. The smallest absolute Gasteiger partial charge is 0.215 e. The highest BCUT2D eigenvalue weighted by molar-refractivity contribution is 7.89. The Hall–Kier alpha value is 0.160. The van der Waals surface area contributed by atoms with Gasteiger partial charge in [0.2, 0.25) is 10.0 Å². The van der Waals surface area contributed by atoms with Crippen LogP contribution >= 0.6 is 11.6 Å². The summed E-state index contributed by atoms with van der Waals surface area (Å²) >= 11 is 5.46. The van der Waals surface area contributed by atoms with E-state index in [1.54, 1.807) is 7.05 Å². The summed E-state index contributed by atoms with van der Waals surface area (Å²) in [6.07, 6.45) is 2.24. The number of nitrogens with zero attached hydrogens (tertiary/aromatic N) is 2. The Morgan fingerprint density at radius 1 is 1.53 bits per heavy atom. The van der Waals surface area contributed by atoms with Crippen molar-refractivity contribution in [1.82, 2.24) is 9.21 Å². The number of rotatable bonds is 5. The van der Waals surface area contributed by atoms with Crippen LogP contribution < -0.4 is 0 Å². The fourth-order valence-corrected chi connectivity index (χ4v) is 3.36. The lowest BCUT2D eigenvalue weighted by Gasteiger charge is -2.25. The van der Waals surface area contributed by atoms with Crippen LogP contribution in [0, 0.1) is 0 Å². The van der Waals surface area contributed by atoms with E-state index in [-0.39, 0.29) is 11.6 Å². The van der Waals surface area contributed by atoms with E-state index in [1.807, 2.05) is 7.05 Å². The van der Waals surface area contributed by atoms with Crippen LogP contribution in [0.2, 0.25) is 0 Å². The first-order valence-electron chi connectivity index (χ1n) is 5.17. The van der Waals surface area contributed by atoms with Gasteiger partial charge < -0.3 is 4.90 Å². The van der Waals surface area contributed by atoms with Crippen molar-refractivity contribution in [2.45, 2.75) is 18.9 Å². The molecule has 0 aromatic rings. The first-order chi connectivity index (χ1) is 6.97. The summed E-state index contributed by atoms with van der Waals surface area (Å²) in [7, 11) is 0.528. The molecule has 4 nitrogen and oxygen atoms in total. The van der Waals surface area contributed by atoms with Gasteiger partial charge in [-0.25, -0.2) is 12.7 Å². The normalized spacial score (nSPS) is 23.9. The van der Waals surface area contributed by atoms with Crippen molar-refractivity contribution in [1.29, 1.82) is 0 Å². The molecule has 0 amide bonds. The maximum atomic E-state index is 11.6. The van der Waals surface area contributed by atoms with Gasteiger partial charge in [-0.15, -0.1) is 11.6 Å². The molecule has 1 aliphatic rings. The third-order valence-corrected chi connectivity index (χ3v) is 5.18. The molecule has 0 radical (unpaired) electrons. The Labute approximate surface area is 97.2 Å². The minimum Gasteiger partial charge on any atom is -0.302 e. The molecule has 1 saturated heterocycles. The Morgan fingerprint density at radius 3 is 2.67 bits per heavy atom. The highest BCUT2D eigenvalue weighted by atomic mass is 35.5. The van der Waals surface area contributed by atoms with E-state index in [0.29, 0.717) is 12.6 Å². The van der Waals surface area contributed by atoms with Crippen LogP contribution in [0.15, 0.2) is 0 Å². The number of sulfonamides is 1. The van der Waals surface area contributed by atoms with E-state index in [4.69, 9.17) is 11.6 Å². The summed E-state index contributed by atoms with van der Waals surface area (Å²) in [4.78, 5) is 2.21. The van der Waals surface area contributed by atoms with E-state index in [9.17, 15) is 8.42 Å². The third-order valence-electron chi connectivity index (χ3n) is 2.95. The molecule has 0 aromatic heterocycles. The van der Waals surface area contributed by atoms with Gasteiger partial charge >= 0.3 is 0 Å². The van der Waals surface area contributed by atoms with Crippen molar-refractivity contribution in [3.8, 4) is 0 Å². The molecule has 0 spiro atoms. The second-order valence-corrected chi connectivity index (χ2v) is 6.64. The quantitative estimate of drug-likeness (QED) is 0.674. The minimum atomic E-state index is -3.15. The van der Waals surface area contributed by atoms with Crippen molar-refractivity contribution < 1.29 is 8.42 Å². The summed E-state index contributed by atoms with van der Waals surface area (Å²) in [6.45, 7) is 1.64. The number of halogens is 1. The van der Waals surface area contributed by atoms with Gasteiger partial charge in [-0.1, -0.05) is 0 Å². The molecule has 0 aromatic carbocycles. The second kappa shape index (κ2) is 5.48. The van der Waals surface area contributed by atoms with Crippen LogP contribution in [0.1, 0.15) is 12.8 Å². The monoisotopic (exact) mass is 254 g/mol. The summed E-state index contributed by atoms with van der Waals surface area (Å²) in [6, 6.07) is 0.361. The number of alkyl halides is 1. The van der Waals surface area contributed by atoms with Crippen molar-refractivity contribution in [2.75, 3.05) is 38.8 Å². The topological polar surface area (TPSA) is 40.6 Å². The van der Waals surface area contributed by atoms with Gasteiger partial charge in [-0.05, 0) is 26.4 Å². The molecular weight excluding hydrogens is 236 g/mol. The van der Waals surface area contributed by atoms with Crippen LogP contribution in [-0.2, 0) is 10.0 Å². The molecule has 15 heavy (non-hydrogen) atoms. The van der Waals surface area contributed by atoms with Crippen LogP contribution in [0.3, 0.4) is 0 Å². The van der Waals surface area contributed by atoms with Gasteiger partial charge in [0.25, 0.3) is 0 Å². The first-order valence-corrected chi connectivity index (χ1v) is 7.32. The third kappa shape index (κ3) is 3.59. The highest BCUT2D eigenvalue weighted by Crippen LogP contribution is 2.16. The van der Waals surface area contributed by atoms with E-state index >= 15 is 0 Å². The average molecular weight is 255 g/mol. The molecule has 1 atom stereocenters. The van der Waals surface area contributed by atoms with Crippen molar-refractivity contribution in [3.63, 3.8) is 0 Å². The predicted molar refractivity (Wildman–Crippen MR) is 62.8 cm³/mol. The lowest BCUT2D eigenvalue weighted by molar-refractivity contribution is 0.271. The molecule has 1 heterocycles. The van der Waals surface area contributed by atoms with Crippen LogP contribution in [-0.4, -0.2) is 62.5 Å². The summed E-state index contributed by atoms with van der Waals surface area (Å²) < 4.78 is 24.7. The predicted octanol–water partition coefficient (Wildman–Crippen LogP) is 0.581. The molecule has 1 aliphatic heterocycles. The summed E-state index contributed by atoms with van der Waals surface area (Å²) in [5.74, 6) is 0.189. The Balaban J connectivity index is 2.51. The Morgan fingerprint density at radius 2 is 2.20 bits per heavy atom. The van der Waals surface area contributed by atoms with Crippen LogP contribution in [0.5, 0.6) is 0 Å². The zero-order chi connectivity index (χ0) is 11.5. The van der Waals surface area contributed by atoms with Gasteiger partial charge in [-0.2, -0.15) is 0 Å². The van der Waals surface area contributed by atoms with E-state index in [1.165, 1.54) is 4.31 Å². The van der Waals surface area contributed by atoms with Crippen LogP contribution in [0.25, 0.3) is 0 Å². The molecule has 1 fully saturated rings. The molecule has 0 saturated carbocycles. The SMILES string of the molecule is CN1CCCC1CN(C)S(=O)(=O)CCCl. The lowest BCUT2D eigenvalue weighted by Crippen LogP contribution is -2.40. The van der Waals surface area contributed by atoms with Gasteiger partial charge in [0.05, 0.1) is 5.75 Å². The molecule has 1 rings (SSSR count). The molecule has 1 unspecified atom stereocenters. The highest BCUT2D eigenvalue weighted by Gasteiger charge is 2.26. The zero-order valence-corrected chi connectivity index (χ0v) is 10.9. The van der Waals surface area contributed by atoms with Crippen molar-refractivity contribution in [3.05, 3.63) is 0 Å². The molecule has 90 valence electrons. The average Bonchev–Trinajstić information content (AvgIpc) is 2.52. The maximum Gasteiger partial charge on any atom is 0.215 e.